The van der Waals surface area contributed by atoms with Gasteiger partial charge in [-0.15, -0.1) is 0 Å². The summed E-state index contributed by atoms with van der Waals surface area (Å²) in [6.07, 6.45) is 40.3. The molecule has 0 heterocycles. The van der Waals surface area contributed by atoms with Gasteiger partial charge in [-0.05, 0) is 43.4 Å². The van der Waals surface area contributed by atoms with Crippen LogP contribution in [0.1, 0.15) is 331 Å². The molecule has 0 bridgehead atoms. The average Bonchev–Trinajstić information content (AvgIpc) is 3.63. The van der Waals surface area contributed by atoms with Crippen LogP contribution in [0.4, 0.5) is 0 Å². The number of phosphoric acid groups is 2. The fraction of sp³-hybridized carbons (Fsp3) is 0.940. The van der Waals surface area contributed by atoms with Crippen LogP contribution in [0.25, 0.3) is 0 Å². The number of aliphatic hydroxyl groups is 1. The minimum absolute atomic E-state index is 0.104. The topological polar surface area (TPSA) is 237 Å². The molecule has 0 aromatic heterocycles. The number of hydrogen-bond acceptors (Lipinski definition) is 15. The number of esters is 4. The highest BCUT2D eigenvalue weighted by molar-refractivity contribution is 7.47. The van der Waals surface area contributed by atoms with Gasteiger partial charge in [0.1, 0.15) is 19.3 Å². The Bertz CT molecular complexity index is 1700. The molecule has 0 fully saturated rings. The Morgan fingerprint density at radius 3 is 0.884 bits per heavy atom. The molecule has 17 nitrogen and oxygen atoms in total. The van der Waals surface area contributed by atoms with Crippen molar-refractivity contribution < 1.29 is 80.2 Å². The number of phosphoric ester groups is 2. The first kappa shape index (κ1) is 84.1. The average molecular weight is 1270 g/mol. The number of unbranched alkanes of at least 4 members (excludes halogenated alkanes) is 32. The third kappa shape index (κ3) is 59.7. The summed E-state index contributed by atoms with van der Waals surface area (Å²) >= 11 is 0. The molecule has 3 N–H and O–H groups in total. The highest BCUT2D eigenvalue weighted by atomic mass is 31.2. The maximum atomic E-state index is 13.0. The number of ether oxygens (including phenoxy) is 4. The molecule has 0 saturated carbocycles. The number of hydrogen-bond donors (Lipinski definition) is 3. The lowest BCUT2D eigenvalue weighted by Crippen LogP contribution is -2.30. The Labute approximate surface area is 524 Å². The van der Waals surface area contributed by atoms with Crippen molar-refractivity contribution in [2.75, 3.05) is 39.6 Å². The van der Waals surface area contributed by atoms with E-state index in [9.17, 15) is 43.2 Å². The fourth-order valence-corrected chi connectivity index (χ4v) is 11.6. The normalized spacial score (nSPS) is 14.6. The quantitative estimate of drug-likeness (QED) is 0.0222. The Morgan fingerprint density at radius 2 is 0.593 bits per heavy atom. The van der Waals surface area contributed by atoms with Crippen LogP contribution >= 0.6 is 15.6 Å². The Balaban J connectivity index is 5.26. The molecular formula is C67H130O17P2. The first-order chi connectivity index (χ1) is 41.3. The first-order valence-electron chi connectivity index (χ1n) is 34.9. The van der Waals surface area contributed by atoms with Crippen molar-refractivity contribution in [3.8, 4) is 0 Å². The van der Waals surface area contributed by atoms with Crippen molar-refractivity contribution in [2.45, 2.75) is 349 Å². The lowest BCUT2D eigenvalue weighted by molar-refractivity contribution is -0.161. The van der Waals surface area contributed by atoms with Gasteiger partial charge in [-0.1, -0.05) is 280 Å². The second kappa shape index (κ2) is 58.2. The molecule has 19 heteroatoms. The van der Waals surface area contributed by atoms with Crippen molar-refractivity contribution in [2.24, 2.45) is 17.8 Å². The summed E-state index contributed by atoms with van der Waals surface area (Å²) in [7, 11) is -9.90. The van der Waals surface area contributed by atoms with E-state index in [4.69, 9.17) is 37.0 Å². The molecule has 0 aromatic carbocycles. The van der Waals surface area contributed by atoms with Gasteiger partial charge in [0.15, 0.2) is 12.2 Å². The molecule has 86 heavy (non-hydrogen) atoms. The summed E-state index contributed by atoms with van der Waals surface area (Å²) in [4.78, 5) is 72.4. The number of rotatable bonds is 65. The van der Waals surface area contributed by atoms with E-state index in [1.165, 1.54) is 141 Å². The van der Waals surface area contributed by atoms with E-state index >= 15 is 0 Å². The molecular weight excluding hydrogens is 1140 g/mol. The highest BCUT2D eigenvalue weighted by Crippen LogP contribution is 2.45. The van der Waals surface area contributed by atoms with Crippen LogP contribution in [0.5, 0.6) is 0 Å². The van der Waals surface area contributed by atoms with Crippen LogP contribution in [0.2, 0.25) is 0 Å². The van der Waals surface area contributed by atoms with Gasteiger partial charge in [0, 0.05) is 25.7 Å². The van der Waals surface area contributed by atoms with Crippen LogP contribution in [-0.4, -0.2) is 96.7 Å². The molecule has 0 aliphatic rings. The van der Waals surface area contributed by atoms with E-state index in [2.05, 4.69) is 48.5 Å². The molecule has 3 unspecified atom stereocenters. The molecule has 0 radical (unpaired) electrons. The molecule has 0 aromatic rings. The lowest BCUT2D eigenvalue weighted by Gasteiger charge is -2.21. The SMILES string of the molecule is CCCCCCCCCCCCCCC(=O)OC[C@H](COP(=O)(O)OC[C@@H](O)COP(=O)(O)OC[C@@H](COC(=O)CCCCCCCCCCC(C)C)OC(=O)CCCCCCCCCCC(C)C)OC(=O)CCCCCCCCCCC(C)CC. The summed E-state index contributed by atoms with van der Waals surface area (Å²) in [6, 6.07) is 0. The zero-order valence-electron chi connectivity index (χ0n) is 55.8. The maximum Gasteiger partial charge on any atom is 0.472 e. The zero-order chi connectivity index (χ0) is 63.8. The second-order valence-electron chi connectivity index (χ2n) is 25.4. The van der Waals surface area contributed by atoms with Crippen molar-refractivity contribution in [1.82, 2.24) is 0 Å². The highest BCUT2D eigenvalue weighted by Gasteiger charge is 2.30. The van der Waals surface area contributed by atoms with Crippen LogP contribution in [-0.2, 0) is 65.4 Å². The number of carbonyl (C=O) groups excluding carboxylic acids is 4. The minimum atomic E-state index is -4.95. The van der Waals surface area contributed by atoms with Crippen LogP contribution in [0.15, 0.2) is 0 Å². The third-order valence-corrected chi connectivity index (χ3v) is 17.6. The van der Waals surface area contributed by atoms with Gasteiger partial charge >= 0.3 is 39.5 Å². The third-order valence-electron chi connectivity index (χ3n) is 15.7. The van der Waals surface area contributed by atoms with E-state index in [0.29, 0.717) is 25.7 Å². The predicted octanol–water partition coefficient (Wildman–Crippen LogP) is 18.7. The fourth-order valence-electron chi connectivity index (χ4n) is 9.98. The van der Waals surface area contributed by atoms with Crippen molar-refractivity contribution in [1.29, 1.82) is 0 Å². The summed E-state index contributed by atoms with van der Waals surface area (Å²) in [5.74, 6) is 0.0811. The van der Waals surface area contributed by atoms with Crippen LogP contribution < -0.4 is 0 Å². The summed E-state index contributed by atoms with van der Waals surface area (Å²) < 4.78 is 68.1. The van der Waals surface area contributed by atoms with Crippen molar-refractivity contribution in [3.05, 3.63) is 0 Å². The first-order valence-corrected chi connectivity index (χ1v) is 37.9. The Kier molecular flexibility index (Phi) is 56.9. The summed E-state index contributed by atoms with van der Waals surface area (Å²) in [5.41, 5.74) is 0. The zero-order valence-corrected chi connectivity index (χ0v) is 57.6. The Hall–Kier alpha value is -1.94. The van der Waals surface area contributed by atoms with Gasteiger partial charge < -0.3 is 33.8 Å². The van der Waals surface area contributed by atoms with Gasteiger partial charge in [0.05, 0.1) is 26.4 Å². The lowest BCUT2D eigenvalue weighted by atomic mass is 9.99. The molecule has 0 aliphatic heterocycles. The largest absolute Gasteiger partial charge is 0.472 e. The van der Waals surface area contributed by atoms with Gasteiger partial charge in [-0.2, -0.15) is 0 Å². The number of carbonyl (C=O) groups is 4. The van der Waals surface area contributed by atoms with E-state index in [1.807, 2.05) is 0 Å². The summed E-state index contributed by atoms with van der Waals surface area (Å²) in [5, 5.41) is 10.6. The van der Waals surface area contributed by atoms with E-state index in [1.54, 1.807) is 0 Å². The van der Waals surface area contributed by atoms with Crippen LogP contribution in [0, 0.1) is 17.8 Å². The van der Waals surface area contributed by atoms with Gasteiger partial charge in [-0.3, -0.25) is 37.3 Å². The van der Waals surface area contributed by atoms with E-state index in [0.717, 1.165) is 108 Å². The van der Waals surface area contributed by atoms with E-state index in [-0.39, 0.29) is 25.7 Å². The Morgan fingerprint density at radius 1 is 0.337 bits per heavy atom. The smallest absolute Gasteiger partial charge is 0.462 e. The summed E-state index contributed by atoms with van der Waals surface area (Å²) in [6.45, 7) is 11.7. The molecule has 6 atom stereocenters. The standard InChI is InChI=1S/C67H130O17P2/c1-8-10-11-12-13-14-15-16-17-27-34-41-48-64(69)77-54-62(84-67(72)51-44-37-30-23-20-26-33-40-47-60(7)9-2)56-81-85(73,74)79-52-61(68)53-80-86(75,76)82-57-63(83-66(71)50-43-36-29-22-19-25-32-39-46-59(5)6)55-78-65(70)49-42-35-28-21-18-24-31-38-45-58(3)4/h58-63,68H,8-57H2,1-7H3,(H,73,74)(H,75,76)/t60?,61-,62-,63-/m1/s1. The number of aliphatic hydroxyl groups excluding tert-OH is 1. The molecule has 0 aliphatic carbocycles. The van der Waals surface area contributed by atoms with Gasteiger partial charge in [0.25, 0.3) is 0 Å². The van der Waals surface area contributed by atoms with Crippen molar-refractivity contribution >= 4 is 39.5 Å². The van der Waals surface area contributed by atoms with Gasteiger partial charge in [-0.25, -0.2) is 9.13 Å². The van der Waals surface area contributed by atoms with Crippen LogP contribution in [0.3, 0.4) is 0 Å². The van der Waals surface area contributed by atoms with Gasteiger partial charge in [0.2, 0.25) is 0 Å². The molecule has 0 saturated heterocycles. The molecule has 510 valence electrons. The molecule has 0 rings (SSSR count). The molecule has 0 spiro atoms. The molecule has 0 amide bonds. The minimum Gasteiger partial charge on any atom is -0.462 e. The van der Waals surface area contributed by atoms with E-state index < -0.39 is 97.5 Å². The second-order valence-corrected chi connectivity index (χ2v) is 28.3. The predicted molar refractivity (Wildman–Crippen MR) is 344 cm³/mol. The van der Waals surface area contributed by atoms with Crippen molar-refractivity contribution in [3.63, 3.8) is 0 Å². The maximum absolute atomic E-state index is 13.0. The monoisotopic (exact) mass is 1270 g/mol.